The van der Waals surface area contributed by atoms with Gasteiger partial charge >= 0.3 is 0 Å². The van der Waals surface area contributed by atoms with Gasteiger partial charge in [-0.15, -0.1) is 6.58 Å². The Morgan fingerprint density at radius 3 is 2.62 bits per heavy atom. The molecule has 0 aliphatic heterocycles. The predicted octanol–water partition coefficient (Wildman–Crippen LogP) is 4.68. The van der Waals surface area contributed by atoms with Crippen molar-refractivity contribution in [2.75, 3.05) is 13.7 Å². The quantitative estimate of drug-likeness (QED) is 0.552. The lowest BCUT2D eigenvalue weighted by molar-refractivity contribution is 0.252. The van der Waals surface area contributed by atoms with Crippen molar-refractivity contribution in [3.05, 3.63) is 84.7 Å². The molecule has 0 bridgehead atoms. The van der Waals surface area contributed by atoms with Crippen LogP contribution in [-0.2, 0) is 13.1 Å². The summed E-state index contributed by atoms with van der Waals surface area (Å²) in [5.41, 5.74) is 1.56. The lowest BCUT2D eigenvalue weighted by Crippen LogP contribution is -2.23. The second-order valence-electron chi connectivity index (χ2n) is 5.90. The van der Waals surface area contributed by atoms with Crippen LogP contribution in [0.15, 0.2) is 71.8 Å². The molecule has 26 heavy (non-hydrogen) atoms. The first-order valence-electron chi connectivity index (χ1n) is 8.35. The second-order valence-corrected chi connectivity index (χ2v) is 5.90. The number of nitrogens with zero attached hydrogens (tertiary/aromatic N) is 2. The molecule has 0 saturated carbocycles. The van der Waals surface area contributed by atoms with Gasteiger partial charge in [0.2, 0.25) is 5.89 Å². The third kappa shape index (κ3) is 4.37. The fraction of sp³-hybridized carbons (Fsp3) is 0.190. The molecule has 0 aliphatic rings. The molecule has 2 aromatic carbocycles. The van der Waals surface area contributed by atoms with E-state index in [0.717, 1.165) is 11.3 Å². The zero-order valence-corrected chi connectivity index (χ0v) is 14.7. The maximum atomic E-state index is 13.9. The minimum Gasteiger partial charge on any atom is -0.497 e. The molecule has 4 nitrogen and oxygen atoms in total. The molecule has 0 amide bonds. The van der Waals surface area contributed by atoms with Crippen molar-refractivity contribution in [2.45, 2.75) is 13.1 Å². The summed E-state index contributed by atoms with van der Waals surface area (Å²) in [5.74, 6) is 1.84. The molecule has 3 aromatic rings. The van der Waals surface area contributed by atoms with Gasteiger partial charge in [0, 0.05) is 24.2 Å². The van der Waals surface area contributed by atoms with Gasteiger partial charge in [0.15, 0.2) is 5.76 Å². The van der Waals surface area contributed by atoms with Crippen LogP contribution in [0.2, 0.25) is 0 Å². The predicted molar refractivity (Wildman–Crippen MR) is 99.2 cm³/mol. The number of aromatic nitrogens is 1. The van der Waals surface area contributed by atoms with Crippen LogP contribution in [0.4, 0.5) is 4.39 Å². The number of hydrogen-bond acceptors (Lipinski definition) is 4. The van der Waals surface area contributed by atoms with Crippen molar-refractivity contribution < 1.29 is 13.5 Å². The van der Waals surface area contributed by atoms with Crippen LogP contribution in [-0.4, -0.2) is 23.5 Å². The number of hydrogen-bond donors (Lipinski definition) is 0. The lowest BCUT2D eigenvalue weighted by Gasteiger charge is -2.19. The van der Waals surface area contributed by atoms with E-state index in [2.05, 4.69) is 11.6 Å². The number of rotatable bonds is 8. The highest BCUT2D eigenvalue weighted by atomic mass is 19.1. The molecule has 0 radical (unpaired) electrons. The van der Waals surface area contributed by atoms with E-state index in [0.29, 0.717) is 36.8 Å². The topological polar surface area (TPSA) is 38.5 Å². The van der Waals surface area contributed by atoms with Crippen LogP contribution in [0.5, 0.6) is 5.75 Å². The normalized spacial score (nSPS) is 10.9. The van der Waals surface area contributed by atoms with Crippen LogP contribution in [0, 0.1) is 5.82 Å². The Kier molecular flexibility index (Phi) is 5.81. The third-order valence-electron chi connectivity index (χ3n) is 4.03. The largest absolute Gasteiger partial charge is 0.497 e. The van der Waals surface area contributed by atoms with Crippen LogP contribution in [0.25, 0.3) is 11.3 Å². The molecule has 0 aliphatic carbocycles. The summed E-state index contributed by atoms with van der Waals surface area (Å²) < 4.78 is 24.9. The monoisotopic (exact) mass is 352 g/mol. The number of oxazole rings is 1. The molecule has 0 saturated heterocycles. The first kappa shape index (κ1) is 17.9. The Morgan fingerprint density at radius 1 is 1.15 bits per heavy atom. The summed E-state index contributed by atoms with van der Waals surface area (Å²) in [6.45, 7) is 5.31. The molecule has 0 N–H and O–H groups in total. The van der Waals surface area contributed by atoms with Gasteiger partial charge in [-0.25, -0.2) is 9.37 Å². The summed E-state index contributed by atoms with van der Waals surface area (Å²) in [7, 11) is 1.63. The molecule has 1 heterocycles. The molecule has 0 spiro atoms. The Labute approximate surface area is 152 Å². The van der Waals surface area contributed by atoms with Gasteiger partial charge in [0.1, 0.15) is 11.6 Å². The SMILES string of the molecule is C=CCN(Cc1ncc(-c2ccc(OC)cc2)o1)Cc1ccccc1F. The molecule has 0 atom stereocenters. The average Bonchev–Trinajstić information content (AvgIpc) is 3.12. The average molecular weight is 352 g/mol. The summed E-state index contributed by atoms with van der Waals surface area (Å²) in [6, 6.07) is 14.4. The van der Waals surface area contributed by atoms with Crippen molar-refractivity contribution in [3.63, 3.8) is 0 Å². The van der Waals surface area contributed by atoms with Gasteiger partial charge in [-0.05, 0) is 30.3 Å². The van der Waals surface area contributed by atoms with Crippen LogP contribution < -0.4 is 4.74 Å². The summed E-state index contributed by atoms with van der Waals surface area (Å²) >= 11 is 0. The highest BCUT2D eigenvalue weighted by molar-refractivity contribution is 5.57. The van der Waals surface area contributed by atoms with Crippen LogP contribution in [0.1, 0.15) is 11.5 Å². The first-order valence-corrected chi connectivity index (χ1v) is 8.35. The lowest BCUT2D eigenvalue weighted by atomic mass is 10.2. The fourth-order valence-corrected chi connectivity index (χ4v) is 2.70. The smallest absolute Gasteiger partial charge is 0.209 e. The maximum Gasteiger partial charge on any atom is 0.209 e. The Hall–Kier alpha value is -2.92. The third-order valence-corrected chi connectivity index (χ3v) is 4.03. The molecule has 0 fully saturated rings. The summed E-state index contributed by atoms with van der Waals surface area (Å²) in [4.78, 5) is 6.38. The second kappa shape index (κ2) is 8.45. The molecular formula is C21H21FN2O2. The molecule has 0 unspecified atom stereocenters. The number of ether oxygens (including phenoxy) is 1. The Morgan fingerprint density at radius 2 is 1.92 bits per heavy atom. The maximum absolute atomic E-state index is 13.9. The van der Waals surface area contributed by atoms with E-state index in [1.807, 2.05) is 35.2 Å². The number of benzene rings is 2. The van der Waals surface area contributed by atoms with Crippen molar-refractivity contribution in [1.82, 2.24) is 9.88 Å². The van der Waals surface area contributed by atoms with E-state index in [4.69, 9.17) is 9.15 Å². The molecule has 3 rings (SSSR count). The minimum atomic E-state index is -0.215. The van der Waals surface area contributed by atoms with Crippen molar-refractivity contribution in [1.29, 1.82) is 0 Å². The Balaban J connectivity index is 1.72. The summed E-state index contributed by atoms with van der Waals surface area (Å²) in [5, 5.41) is 0. The van der Waals surface area contributed by atoms with Crippen molar-refractivity contribution >= 4 is 0 Å². The number of halogens is 1. The van der Waals surface area contributed by atoms with E-state index in [9.17, 15) is 4.39 Å². The minimum absolute atomic E-state index is 0.215. The molecule has 5 heteroatoms. The summed E-state index contributed by atoms with van der Waals surface area (Å²) in [6.07, 6.45) is 3.49. The Bertz CT molecular complexity index is 858. The van der Waals surface area contributed by atoms with E-state index in [1.165, 1.54) is 6.07 Å². The van der Waals surface area contributed by atoms with E-state index < -0.39 is 0 Å². The van der Waals surface area contributed by atoms with Crippen molar-refractivity contribution in [3.8, 4) is 17.1 Å². The zero-order chi connectivity index (χ0) is 18.4. The highest BCUT2D eigenvalue weighted by Crippen LogP contribution is 2.24. The van der Waals surface area contributed by atoms with E-state index in [-0.39, 0.29) is 5.82 Å². The van der Waals surface area contributed by atoms with Gasteiger partial charge in [-0.2, -0.15) is 0 Å². The van der Waals surface area contributed by atoms with E-state index in [1.54, 1.807) is 31.5 Å². The first-order chi connectivity index (χ1) is 12.7. The van der Waals surface area contributed by atoms with Gasteiger partial charge in [0.05, 0.1) is 19.9 Å². The van der Waals surface area contributed by atoms with Gasteiger partial charge in [-0.3, -0.25) is 4.90 Å². The van der Waals surface area contributed by atoms with Gasteiger partial charge < -0.3 is 9.15 Å². The molecule has 134 valence electrons. The standard InChI is InChI=1S/C21H21FN2O2/c1-3-12-24(14-17-6-4-5-7-19(17)22)15-21-23-13-20(26-21)16-8-10-18(25-2)11-9-16/h3-11,13H,1,12,14-15H2,2H3. The van der Waals surface area contributed by atoms with Crippen LogP contribution in [0.3, 0.4) is 0 Å². The zero-order valence-electron chi connectivity index (χ0n) is 14.7. The van der Waals surface area contributed by atoms with Crippen molar-refractivity contribution in [2.24, 2.45) is 0 Å². The number of methoxy groups -OCH3 is 1. The highest BCUT2D eigenvalue weighted by Gasteiger charge is 2.13. The van der Waals surface area contributed by atoms with E-state index >= 15 is 0 Å². The molecule has 1 aromatic heterocycles. The van der Waals surface area contributed by atoms with Gasteiger partial charge in [-0.1, -0.05) is 24.3 Å². The molecular weight excluding hydrogens is 331 g/mol. The van der Waals surface area contributed by atoms with Crippen LogP contribution >= 0.6 is 0 Å². The fourth-order valence-electron chi connectivity index (χ4n) is 2.70. The van der Waals surface area contributed by atoms with Gasteiger partial charge in [0.25, 0.3) is 0 Å².